The molecule has 1 saturated heterocycles. The molecule has 234 valence electrons. The van der Waals surface area contributed by atoms with Crippen LogP contribution in [0.15, 0.2) is 77.3 Å². The minimum absolute atomic E-state index is 0.0300. The van der Waals surface area contributed by atoms with Gasteiger partial charge in [0.2, 0.25) is 0 Å². The van der Waals surface area contributed by atoms with Gasteiger partial charge in [0.1, 0.15) is 0 Å². The zero-order valence-corrected chi connectivity index (χ0v) is 25.6. The maximum Gasteiger partial charge on any atom is 0.341 e. The fraction of sp³-hybridized carbons (Fsp3) is 0.438. The number of sulfone groups is 1. The number of carboxylic acids is 1. The Morgan fingerprint density at radius 3 is 2.26 bits per heavy atom. The molecule has 1 N–H and O–H groups in total. The monoisotopic (exact) mass is 616 g/mol. The fourth-order valence-corrected chi connectivity index (χ4v) is 5.23. The summed E-state index contributed by atoms with van der Waals surface area (Å²) in [4.78, 5) is 49.3. The summed E-state index contributed by atoms with van der Waals surface area (Å²) in [5, 5.41) is 9.62. The van der Waals surface area contributed by atoms with Crippen molar-refractivity contribution in [2.45, 2.75) is 69.8 Å². The molecule has 1 fully saturated rings. The highest BCUT2D eigenvalue weighted by Crippen LogP contribution is 2.25. The number of esters is 3. The highest BCUT2D eigenvalue weighted by atomic mass is 32.2. The molecular weight excluding hydrogens is 576 g/mol. The Morgan fingerprint density at radius 2 is 1.67 bits per heavy atom. The number of allylic oxidation sites excluding steroid dienone is 1. The van der Waals surface area contributed by atoms with Crippen molar-refractivity contribution in [3.05, 3.63) is 77.9 Å². The Hall–Kier alpha value is -3.83. The predicted molar refractivity (Wildman–Crippen MR) is 160 cm³/mol. The van der Waals surface area contributed by atoms with E-state index >= 15 is 0 Å². The highest BCUT2D eigenvalue weighted by Gasteiger charge is 2.26. The second-order valence-corrected chi connectivity index (χ2v) is 12.5. The van der Waals surface area contributed by atoms with E-state index in [2.05, 4.69) is 19.7 Å². The predicted octanol–water partition coefficient (Wildman–Crippen LogP) is 4.83. The molecule has 0 radical (unpaired) electrons. The lowest BCUT2D eigenvalue weighted by Crippen LogP contribution is -2.19. The summed E-state index contributed by atoms with van der Waals surface area (Å²) in [6.45, 7) is 15.1. The van der Waals surface area contributed by atoms with Crippen LogP contribution in [-0.4, -0.2) is 62.5 Å². The summed E-state index contributed by atoms with van der Waals surface area (Å²) < 4.78 is 41.2. The van der Waals surface area contributed by atoms with Gasteiger partial charge >= 0.3 is 23.9 Å². The molecule has 0 spiro atoms. The number of hydrogen-bond donors (Lipinski definition) is 1. The number of carboxylic acid groups (broad SMARTS) is 1. The molecule has 2 unspecified atom stereocenters. The van der Waals surface area contributed by atoms with E-state index < -0.39 is 45.4 Å². The summed E-state index contributed by atoms with van der Waals surface area (Å²) in [7, 11) is -3.77. The molecule has 0 aromatic heterocycles. The minimum atomic E-state index is -3.77. The topological polar surface area (TPSA) is 154 Å². The summed E-state index contributed by atoms with van der Waals surface area (Å²) in [5.74, 6) is -5.27. The first-order valence-corrected chi connectivity index (χ1v) is 15.7. The molecule has 1 aliphatic heterocycles. The van der Waals surface area contributed by atoms with Crippen LogP contribution >= 0.6 is 0 Å². The maximum absolute atomic E-state index is 13.0. The van der Waals surface area contributed by atoms with Crippen molar-refractivity contribution in [2.24, 2.45) is 5.92 Å². The number of hydrogen-bond acceptors (Lipinski definition) is 9. The zero-order valence-electron chi connectivity index (χ0n) is 24.8. The standard InChI is InChI=1S/C32H40O10S/c1-6-22(3)31(36)42-32(37)26(9-7-8-17-40-30(35)23(4)12-13-27-20-41-27)19-25(24(5)29(33)34)16-18-43(38,39)28-14-10-21(2)11-15-28/h10-11,14-15,19,25,27H,3-9,12-13,16-18,20H2,1-2H3,(H,33,34). The Morgan fingerprint density at radius 1 is 1.02 bits per heavy atom. The van der Waals surface area contributed by atoms with Gasteiger partial charge < -0.3 is 19.3 Å². The molecule has 2 atom stereocenters. The third-order valence-electron chi connectivity index (χ3n) is 6.90. The molecule has 0 aliphatic carbocycles. The van der Waals surface area contributed by atoms with Crippen molar-refractivity contribution >= 4 is 33.7 Å². The van der Waals surface area contributed by atoms with E-state index in [1.54, 1.807) is 19.1 Å². The molecule has 43 heavy (non-hydrogen) atoms. The fourth-order valence-electron chi connectivity index (χ4n) is 3.88. The van der Waals surface area contributed by atoms with Gasteiger partial charge in [-0.05, 0) is 64.0 Å². The van der Waals surface area contributed by atoms with E-state index in [-0.39, 0.29) is 53.6 Å². The van der Waals surface area contributed by atoms with Crippen molar-refractivity contribution in [1.82, 2.24) is 0 Å². The maximum atomic E-state index is 13.0. The van der Waals surface area contributed by atoms with Crippen molar-refractivity contribution in [3.8, 4) is 0 Å². The summed E-state index contributed by atoms with van der Waals surface area (Å²) in [5.41, 5.74) is 0.940. The van der Waals surface area contributed by atoms with Gasteiger partial charge in [0.15, 0.2) is 9.84 Å². The van der Waals surface area contributed by atoms with Crippen LogP contribution in [0, 0.1) is 12.8 Å². The first-order chi connectivity index (χ1) is 20.2. The number of epoxide rings is 1. The van der Waals surface area contributed by atoms with E-state index in [0.29, 0.717) is 37.9 Å². The lowest BCUT2D eigenvalue weighted by molar-refractivity contribution is -0.154. The lowest BCUT2D eigenvalue weighted by atomic mass is 9.93. The second-order valence-electron chi connectivity index (χ2n) is 10.4. The molecule has 1 heterocycles. The first-order valence-electron chi connectivity index (χ1n) is 14.1. The quantitative estimate of drug-likeness (QED) is 0.0752. The van der Waals surface area contributed by atoms with Gasteiger partial charge in [0.05, 0.1) is 30.0 Å². The smallest absolute Gasteiger partial charge is 0.341 e. The Balaban J connectivity index is 2.15. The van der Waals surface area contributed by atoms with Gasteiger partial charge in [-0.25, -0.2) is 27.6 Å². The van der Waals surface area contributed by atoms with E-state index in [4.69, 9.17) is 14.2 Å². The van der Waals surface area contributed by atoms with E-state index in [1.807, 2.05) is 6.92 Å². The van der Waals surface area contributed by atoms with Gasteiger partial charge in [-0.1, -0.05) is 50.4 Å². The number of unbranched alkanes of at least 4 members (excludes halogenated alkanes) is 1. The third kappa shape index (κ3) is 12.1. The molecule has 0 saturated carbocycles. The first kappa shape index (κ1) is 35.4. The Kier molecular flexibility index (Phi) is 13.7. The van der Waals surface area contributed by atoms with Crippen LogP contribution < -0.4 is 0 Å². The largest absolute Gasteiger partial charge is 0.478 e. The van der Waals surface area contributed by atoms with Gasteiger partial charge in [-0.15, -0.1) is 0 Å². The van der Waals surface area contributed by atoms with Crippen LogP contribution in [0.25, 0.3) is 0 Å². The SMILES string of the molecule is C=C(CCC1CO1)C(=O)OCCCCC(=CC(CCS(=O)(=O)c1ccc(C)cc1)C(=C)C(=O)O)C(=O)OC(=O)C(=C)CC. The molecule has 10 nitrogen and oxygen atoms in total. The van der Waals surface area contributed by atoms with Crippen LogP contribution in [-0.2, 0) is 43.2 Å². The molecule has 0 bridgehead atoms. The van der Waals surface area contributed by atoms with E-state index in [9.17, 15) is 32.7 Å². The number of aliphatic carboxylic acids is 1. The van der Waals surface area contributed by atoms with Gasteiger partial charge in [-0.2, -0.15) is 0 Å². The zero-order chi connectivity index (χ0) is 32.2. The number of rotatable bonds is 19. The van der Waals surface area contributed by atoms with Gasteiger partial charge in [-0.3, -0.25) is 0 Å². The summed E-state index contributed by atoms with van der Waals surface area (Å²) >= 11 is 0. The molecule has 1 aromatic rings. The summed E-state index contributed by atoms with van der Waals surface area (Å²) in [6, 6.07) is 6.26. The van der Waals surface area contributed by atoms with E-state index in [1.165, 1.54) is 18.2 Å². The Bertz CT molecular complexity index is 1360. The van der Waals surface area contributed by atoms with Crippen molar-refractivity contribution in [2.75, 3.05) is 19.0 Å². The molecular formula is C32H40O10S. The van der Waals surface area contributed by atoms with E-state index in [0.717, 1.165) is 5.56 Å². The van der Waals surface area contributed by atoms with Crippen LogP contribution in [0.3, 0.4) is 0 Å². The molecule has 1 aromatic carbocycles. The van der Waals surface area contributed by atoms with Crippen LogP contribution in [0.4, 0.5) is 0 Å². The van der Waals surface area contributed by atoms with Crippen LogP contribution in [0.1, 0.15) is 57.4 Å². The van der Waals surface area contributed by atoms with Gasteiger partial charge in [0, 0.05) is 28.2 Å². The van der Waals surface area contributed by atoms with Gasteiger partial charge in [0.25, 0.3) is 0 Å². The normalized spacial score (nSPS) is 15.2. The average molecular weight is 617 g/mol. The third-order valence-corrected chi connectivity index (χ3v) is 8.66. The number of ether oxygens (including phenoxy) is 3. The molecule has 11 heteroatoms. The lowest BCUT2D eigenvalue weighted by Gasteiger charge is -2.16. The Labute approximate surface area is 253 Å². The molecule has 1 aliphatic rings. The second kappa shape index (κ2) is 16.7. The van der Waals surface area contributed by atoms with Crippen molar-refractivity contribution in [1.29, 1.82) is 0 Å². The van der Waals surface area contributed by atoms with Crippen LogP contribution in [0.2, 0.25) is 0 Å². The number of carbonyl (C=O) groups excluding carboxylic acids is 3. The number of aryl methyl sites for hydroxylation is 1. The van der Waals surface area contributed by atoms with Crippen molar-refractivity contribution in [3.63, 3.8) is 0 Å². The van der Waals surface area contributed by atoms with Crippen molar-refractivity contribution < 1.29 is 46.9 Å². The molecule has 0 amide bonds. The minimum Gasteiger partial charge on any atom is -0.478 e. The van der Waals surface area contributed by atoms with Crippen LogP contribution in [0.5, 0.6) is 0 Å². The average Bonchev–Trinajstić information content (AvgIpc) is 3.80. The number of carbonyl (C=O) groups is 4. The number of benzene rings is 1. The summed E-state index contributed by atoms with van der Waals surface area (Å²) in [6.07, 6.45) is 3.39. The molecule has 2 rings (SSSR count). The highest BCUT2D eigenvalue weighted by molar-refractivity contribution is 7.91.